The van der Waals surface area contributed by atoms with E-state index in [1.54, 1.807) is 19.9 Å². The number of aliphatic hydroxyl groups excluding tert-OH is 1. The minimum absolute atomic E-state index is 0.0579. The van der Waals surface area contributed by atoms with Gasteiger partial charge in [-0.15, -0.1) is 0 Å². The highest BCUT2D eigenvalue weighted by molar-refractivity contribution is 6.63. The monoisotopic (exact) mass is 418 g/mol. The number of hydrogen-bond acceptors (Lipinski definition) is 7. The molecule has 1 aliphatic rings. The predicted octanol–water partition coefficient (Wildman–Crippen LogP) is 2.71. The second kappa shape index (κ2) is 11.0. The number of carbonyl (C=O) groups is 4. The Bertz CT molecular complexity index is 812. The summed E-state index contributed by atoms with van der Waals surface area (Å²) in [7, 11) is 0. The number of unbranched alkanes of at least 4 members (excludes halogenated alkanes) is 1. The third-order valence-corrected chi connectivity index (χ3v) is 5.70. The van der Waals surface area contributed by atoms with Gasteiger partial charge in [-0.3, -0.25) is 14.4 Å². The van der Waals surface area contributed by atoms with E-state index in [4.69, 9.17) is 9.84 Å². The summed E-state index contributed by atoms with van der Waals surface area (Å²) in [5.41, 5.74) is 1.50. The molecule has 0 saturated carbocycles. The van der Waals surface area contributed by atoms with Gasteiger partial charge in [0.2, 0.25) is 11.6 Å². The predicted molar refractivity (Wildman–Crippen MR) is 109 cm³/mol. The number of carbonyl (C=O) groups excluding carboxylic acids is 4. The zero-order valence-electron chi connectivity index (χ0n) is 17.6. The molecule has 0 bridgehead atoms. The van der Waals surface area contributed by atoms with Crippen molar-refractivity contribution >= 4 is 23.3 Å². The van der Waals surface area contributed by atoms with Crippen LogP contribution >= 0.6 is 0 Å². The fourth-order valence-electron chi connectivity index (χ4n) is 3.60. The van der Waals surface area contributed by atoms with Crippen LogP contribution in [0.3, 0.4) is 0 Å². The Kier molecular flexibility index (Phi) is 8.72. The second-order valence-electron chi connectivity index (χ2n) is 7.93. The van der Waals surface area contributed by atoms with E-state index in [1.807, 2.05) is 0 Å². The van der Waals surface area contributed by atoms with E-state index in [9.17, 15) is 24.3 Å². The van der Waals surface area contributed by atoms with Crippen molar-refractivity contribution in [1.29, 1.82) is 0 Å². The van der Waals surface area contributed by atoms with Gasteiger partial charge in [0.25, 0.3) is 5.78 Å². The molecular formula is C23H30O7. The molecule has 1 aromatic carbocycles. The topological polar surface area (TPSA) is 118 Å². The lowest BCUT2D eigenvalue weighted by Gasteiger charge is -2.22. The summed E-state index contributed by atoms with van der Waals surface area (Å²) in [6, 6.07) is 3.18. The van der Waals surface area contributed by atoms with Crippen LogP contribution in [0.25, 0.3) is 0 Å². The third-order valence-electron chi connectivity index (χ3n) is 5.70. The molecule has 0 fully saturated rings. The molecule has 0 aliphatic carbocycles. The molecule has 2 rings (SSSR count). The molecule has 2 N–H and O–H groups in total. The molecule has 0 amide bonds. The SMILES string of the molecule is C[C@@H]1CCC(=O)C(=O)C(=O)CCCc2c(CCCCO)ccc(O)c2C(=O)O[C@H]1C. The molecule has 1 aromatic rings. The number of fused-ring (bicyclic) bond motifs is 1. The standard InChI is InChI=1S/C23H30O7/c1-14-9-11-20(27)22(28)19(26)8-5-7-17-16(6-3-4-13-24)10-12-18(25)21(17)23(29)30-15(14)2/h10,12,14-15,24-25H,3-9,11,13H2,1-2H3/t14-,15+/m1/s1. The number of hydrogen-bond donors (Lipinski definition) is 2. The van der Waals surface area contributed by atoms with Crippen LogP contribution in [0.15, 0.2) is 12.1 Å². The number of phenolic OH excluding ortho intramolecular Hbond substituents is 1. The van der Waals surface area contributed by atoms with E-state index >= 15 is 0 Å². The number of phenols is 1. The number of ether oxygens (including phenoxy) is 1. The lowest BCUT2D eigenvalue weighted by molar-refractivity contribution is -0.144. The highest BCUT2D eigenvalue weighted by Gasteiger charge is 2.28. The molecule has 2 atom stereocenters. The van der Waals surface area contributed by atoms with E-state index in [0.717, 1.165) is 5.56 Å². The van der Waals surface area contributed by atoms with E-state index in [1.165, 1.54) is 6.07 Å². The minimum atomic E-state index is -0.969. The molecule has 0 unspecified atom stereocenters. The average Bonchev–Trinajstić information content (AvgIpc) is 2.71. The first-order valence-electron chi connectivity index (χ1n) is 10.5. The molecule has 164 valence electrons. The van der Waals surface area contributed by atoms with Gasteiger partial charge in [-0.05, 0) is 68.6 Å². The Morgan fingerprint density at radius 2 is 1.70 bits per heavy atom. The smallest absolute Gasteiger partial charge is 0.342 e. The number of rotatable bonds is 4. The molecule has 0 saturated heterocycles. The van der Waals surface area contributed by atoms with Crippen LogP contribution in [-0.2, 0) is 32.0 Å². The summed E-state index contributed by atoms with van der Waals surface area (Å²) in [6.07, 6.45) is 2.04. The van der Waals surface area contributed by atoms with Gasteiger partial charge in [-0.25, -0.2) is 4.79 Å². The first-order valence-corrected chi connectivity index (χ1v) is 10.5. The maximum atomic E-state index is 12.9. The minimum Gasteiger partial charge on any atom is -0.507 e. The van der Waals surface area contributed by atoms with Gasteiger partial charge in [0, 0.05) is 19.4 Å². The second-order valence-corrected chi connectivity index (χ2v) is 7.93. The van der Waals surface area contributed by atoms with Gasteiger partial charge in [0.05, 0.1) is 0 Å². The molecule has 7 nitrogen and oxygen atoms in total. The number of aliphatic hydroxyl groups is 1. The number of benzene rings is 1. The van der Waals surface area contributed by atoms with Gasteiger partial charge in [0.15, 0.2) is 0 Å². The molecule has 0 spiro atoms. The van der Waals surface area contributed by atoms with Crippen LogP contribution in [0.5, 0.6) is 5.75 Å². The number of aryl methyl sites for hydroxylation is 1. The Morgan fingerprint density at radius 3 is 2.40 bits per heavy atom. The normalized spacial score (nSPS) is 21.7. The summed E-state index contributed by atoms with van der Waals surface area (Å²) in [5, 5.41) is 19.4. The molecule has 0 aromatic heterocycles. The molecule has 0 radical (unpaired) electrons. The van der Waals surface area contributed by atoms with Crippen molar-refractivity contribution in [3.63, 3.8) is 0 Å². The fourth-order valence-corrected chi connectivity index (χ4v) is 3.60. The first kappa shape index (κ1) is 23.7. The van der Waals surface area contributed by atoms with Gasteiger partial charge < -0.3 is 14.9 Å². The van der Waals surface area contributed by atoms with Crippen molar-refractivity contribution in [2.75, 3.05) is 6.61 Å². The van der Waals surface area contributed by atoms with Crippen LogP contribution in [0.1, 0.15) is 73.9 Å². The van der Waals surface area contributed by atoms with Crippen LogP contribution in [0.4, 0.5) is 0 Å². The summed E-state index contributed by atoms with van der Waals surface area (Å²) in [4.78, 5) is 49.1. The number of cyclic esters (lactones) is 1. The fraction of sp³-hybridized carbons (Fsp3) is 0.565. The summed E-state index contributed by atoms with van der Waals surface area (Å²) in [6.45, 7) is 3.56. The van der Waals surface area contributed by atoms with Crippen LogP contribution < -0.4 is 0 Å². The maximum absolute atomic E-state index is 12.9. The number of Topliss-reactive ketones (excluding diaryl/α,β-unsaturated/α-hetero) is 3. The Morgan fingerprint density at radius 1 is 1.00 bits per heavy atom. The summed E-state index contributed by atoms with van der Waals surface area (Å²) in [5.74, 6) is -3.43. The Balaban J connectivity index is 2.41. The molecule has 1 heterocycles. The van der Waals surface area contributed by atoms with E-state index in [-0.39, 0.29) is 49.5 Å². The van der Waals surface area contributed by atoms with Gasteiger partial charge in [-0.1, -0.05) is 13.0 Å². The molecule has 7 heteroatoms. The Labute approximate surface area is 176 Å². The zero-order valence-corrected chi connectivity index (χ0v) is 17.6. The Hall–Kier alpha value is -2.54. The number of aromatic hydroxyl groups is 1. The van der Waals surface area contributed by atoms with Crippen LogP contribution in [0, 0.1) is 5.92 Å². The van der Waals surface area contributed by atoms with Crippen LogP contribution in [0.2, 0.25) is 0 Å². The third kappa shape index (κ3) is 5.98. The van der Waals surface area contributed by atoms with Crippen LogP contribution in [-0.4, -0.2) is 46.2 Å². The van der Waals surface area contributed by atoms with Crippen molar-refractivity contribution in [3.8, 4) is 5.75 Å². The molecule has 1 aliphatic heterocycles. The summed E-state index contributed by atoms with van der Waals surface area (Å²) < 4.78 is 5.58. The van der Waals surface area contributed by atoms with Crippen molar-refractivity contribution < 1.29 is 34.1 Å². The maximum Gasteiger partial charge on any atom is 0.342 e. The largest absolute Gasteiger partial charge is 0.507 e. The van der Waals surface area contributed by atoms with Gasteiger partial charge in [-0.2, -0.15) is 0 Å². The zero-order chi connectivity index (χ0) is 22.3. The average molecular weight is 418 g/mol. The highest BCUT2D eigenvalue weighted by atomic mass is 16.5. The summed E-state index contributed by atoms with van der Waals surface area (Å²) >= 11 is 0. The van der Waals surface area contributed by atoms with E-state index in [2.05, 4.69) is 0 Å². The van der Waals surface area contributed by atoms with Gasteiger partial charge >= 0.3 is 5.97 Å². The highest BCUT2D eigenvalue weighted by Crippen LogP contribution is 2.30. The quantitative estimate of drug-likeness (QED) is 0.438. The van der Waals surface area contributed by atoms with Crippen molar-refractivity contribution in [2.45, 2.75) is 71.3 Å². The van der Waals surface area contributed by atoms with E-state index < -0.39 is 29.4 Å². The van der Waals surface area contributed by atoms with Crippen molar-refractivity contribution in [2.24, 2.45) is 5.92 Å². The van der Waals surface area contributed by atoms with Gasteiger partial charge in [0.1, 0.15) is 17.4 Å². The lowest BCUT2D eigenvalue weighted by Crippen LogP contribution is -2.27. The number of ketones is 3. The number of esters is 1. The molecule has 30 heavy (non-hydrogen) atoms. The first-order chi connectivity index (χ1) is 14.3. The van der Waals surface area contributed by atoms with Crippen molar-refractivity contribution in [3.05, 3.63) is 28.8 Å². The molecular weight excluding hydrogens is 388 g/mol. The lowest BCUT2D eigenvalue weighted by atomic mass is 9.90. The van der Waals surface area contributed by atoms with E-state index in [0.29, 0.717) is 31.2 Å². The van der Waals surface area contributed by atoms with Crippen molar-refractivity contribution in [1.82, 2.24) is 0 Å².